The van der Waals surface area contributed by atoms with Crippen molar-refractivity contribution >= 4 is 45.6 Å². The summed E-state index contributed by atoms with van der Waals surface area (Å²) in [5.74, 6) is 0.829. The van der Waals surface area contributed by atoms with E-state index in [4.69, 9.17) is 11.6 Å². The summed E-state index contributed by atoms with van der Waals surface area (Å²) in [6.07, 6.45) is 0. The molecule has 1 heterocycles. The number of aromatic nitrogens is 2. The summed E-state index contributed by atoms with van der Waals surface area (Å²) in [4.78, 5) is 12.0. The molecule has 0 amide bonds. The van der Waals surface area contributed by atoms with E-state index < -0.39 is 0 Å². The Hall–Kier alpha value is -1.89. The van der Waals surface area contributed by atoms with Gasteiger partial charge in [0.2, 0.25) is 5.13 Å². The fraction of sp³-hybridized carbons (Fsp3) is 0.118. The van der Waals surface area contributed by atoms with E-state index in [9.17, 15) is 4.79 Å². The molecule has 0 atom stereocenters. The van der Waals surface area contributed by atoms with Gasteiger partial charge in [0.15, 0.2) is 10.1 Å². The number of nitrogens with one attached hydrogen (secondary N) is 1. The molecule has 0 aliphatic carbocycles. The van der Waals surface area contributed by atoms with E-state index >= 15 is 0 Å². The van der Waals surface area contributed by atoms with Gasteiger partial charge in [0.1, 0.15) is 0 Å². The average molecular weight is 376 g/mol. The van der Waals surface area contributed by atoms with Gasteiger partial charge in [-0.05, 0) is 17.7 Å². The van der Waals surface area contributed by atoms with Gasteiger partial charge in [0.25, 0.3) is 0 Å². The number of nitrogens with zero attached hydrogens (tertiary/aromatic N) is 2. The first-order valence-electron chi connectivity index (χ1n) is 7.23. The van der Waals surface area contributed by atoms with E-state index in [1.807, 2.05) is 42.5 Å². The monoisotopic (exact) mass is 375 g/mol. The summed E-state index contributed by atoms with van der Waals surface area (Å²) >= 11 is 8.93. The van der Waals surface area contributed by atoms with Crippen molar-refractivity contribution < 1.29 is 4.79 Å². The number of carbonyl (C=O) groups is 1. The molecule has 0 bridgehead atoms. The van der Waals surface area contributed by atoms with Crippen LogP contribution in [0.2, 0.25) is 5.02 Å². The Labute approximate surface area is 153 Å². The summed E-state index contributed by atoms with van der Waals surface area (Å²) in [6.45, 7) is 0.209. The van der Waals surface area contributed by atoms with Crippen LogP contribution in [0.1, 0.15) is 15.9 Å². The molecule has 24 heavy (non-hydrogen) atoms. The smallest absolute Gasteiger partial charge is 0.206 e. The third-order valence-electron chi connectivity index (χ3n) is 3.18. The first-order chi connectivity index (χ1) is 11.7. The van der Waals surface area contributed by atoms with E-state index in [0.717, 1.165) is 15.1 Å². The maximum Gasteiger partial charge on any atom is 0.206 e. The van der Waals surface area contributed by atoms with Gasteiger partial charge in [-0.1, -0.05) is 77.2 Å². The number of thioether (sulfide) groups is 1. The SMILES string of the molecule is O=C(CNc1nnc(SCc2ccc(Cl)cc2)s1)c1ccccc1. The van der Waals surface area contributed by atoms with Gasteiger partial charge in [0, 0.05) is 16.3 Å². The highest BCUT2D eigenvalue weighted by Gasteiger charge is 2.08. The number of rotatable bonds is 7. The zero-order valence-electron chi connectivity index (χ0n) is 12.6. The predicted octanol–water partition coefficient (Wildman–Crippen LogP) is 4.78. The third kappa shape index (κ3) is 4.80. The molecule has 122 valence electrons. The van der Waals surface area contributed by atoms with Crippen molar-refractivity contribution in [2.24, 2.45) is 0 Å². The van der Waals surface area contributed by atoms with Gasteiger partial charge in [-0.2, -0.15) is 0 Å². The van der Waals surface area contributed by atoms with Crippen molar-refractivity contribution in [2.45, 2.75) is 10.1 Å². The lowest BCUT2D eigenvalue weighted by Crippen LogP contribution is -2.13. The molecule has 0 aliphatic rings. The average Bonchev–Trinajstić information content (AvgIpc) is 3.08. The summed E-state index contributed by atoms with van der Waals surface area (Å²) in [7, 11) is 0. The van der Waals surface area contributed by atoms with Gasteiger partial charge >= 0.3 is 0 Å². The standard InChI is InChI=1S/C17H14ClN3OS2/c18-14-8-6-12(7-9-14)11-23-17-21-20-16(24-17)19-10-15(22)13-4-2-1-3-5-13/h1-9H,10-11H2,(H,19,20). The number of ketones is 1. The highest BCUT2D eigenvalue weighted by atomic mass is 35.5. The number of halogens is 1. The van der Waals surface area contributed by atoms with Crippen molar-refractivity contribution in [3.63, 3.8) is 0 Å². The van der Waals surface area contributed by atoms with Crippen LogP contribution >= 0.6 is 34.7 Å². The molecule has 0 unspecified atom stereocenters. The molecule has 3 aromatic rings. The van der Waals surface area contributed by atoms with Crippen molar-refractivity contribution in [1.82, 2.24) is 10.2 Å². The topological polar surface area (TPSA) is 54.9 Å². The van der Waals surface area contributed by atoms with Gasteiger partial charge < -0.3 is 5.32 Å². The Kier molecular flexibility index (Phi) is 5.85. The molecule has 2 aromatic carbocycles. The number of hydrogen-bond acceptors (Lipinski definition) is 6. The zero-order chi connectivity index (χ0) is 16.8. The van der Waals surface area contributed by atoms with Crippen LogP contribution in [-0.2, 0) is 5.75 Å². The van der Waals surface area contributed by atoms with E-state index in [0.29, 0.717) is 10.7 Å². The molecule has 1 aromatic heterocycles. The number of carbonyl (C=O) groups excluding carboxylic acids is 1. The lowest BCUT2D eigenvalue weighted by molar-refractivity contribution is 0.101. The number of benzene rings is 2. The Balaban J connectivity index is 1.50. The van der Waals surface area contributed by atoms with Crippen molar-refractivity contribution in [1.29, 1.82) is 0 Å². The van der Waals surface area contributed by atoms with Gasteiger partial charge in [-0.25, -0.2) is 0 Å². The van der Waals surface area contributed by atoms with Crippen molar-refractivity contribution in [3.8, 4) is 0 Å². The maximum absolute atomic E-state index is 12.0. The molecule has 0 fully saturated rings. The summed E-state index contributed by atoms with van der Waals surface area (Å²) in [6, 6.07) is 16.9. The fourth-order valence-electron chi connectivity index (χ4n) is 1.95. The van der Waals surface area contributed by atoms with E-state index in [1.165, 1.54) is 16.9 Å². The van der Waals surface area contributed by atoms with Gasteiger partial charge in [-0.15, -0.1) is 10.2 Å². The molecule has 4 nitrogen and oxygen atoms in total. The highest BCUT2D eigenvalue weighted by molar-refractivity contribution is 8.00. The molecule has 0 aliphatic heterocycles. The minimum atomic E-state index is 0.0289. The normalized spacial score (nSPS) is 10.5. The number of hydrogen-bond donors (Lipinski definition) is 1. The number of Topliss-reactive ketones (excluding diaryl/α,β-unsaturated/α-hetero) is 1. The predicted molar refractivity (Wildman–Crippen MR) is 100 cm³/mol. The van der Waals surface area contributed by atoms with E-state index in [2.05, 4.69) is 15.5 Å². The van der Waals surface area contributed by atoms with Crippen LogP contribution in [0.4, 0.5) is 5.13 Å². The minimum Gasteiger partial charge on any atom is -0.353 e. The summed E-state index contributed by atoms with van der Waals surface area (Å²) in [5, 5.41) is 12.6. The minimum absolute atomic E-state index is 0.0289. The van der Waals surface area contributed by atoms with Gasteiger partial charge in [-0.3, -0.25) is 4.79 Å². The van der Waals surface area contributed by atoms with Crippen molar-refractivity contribution in [3.05, 3.63) is 70.7 Å². The first kappa shape index (κ1) is 17.0. The maximum atomic E-state index is 12.0. The molecule has 0 saturated carbocycles. The van der Waals surface area contributed by atoms with E-state index in [1.54, 1.807) is 23.9 Å². The number of anilines is 1. The molecular formula is C17H14ClN3OS2. The Bertz CT molecular complexity index is 806. The second kappa shape index (κ2) is 8.28. The molecule has 1 N–H and O–H groups in total. The lowest BCUT2D eigenvalue weighted by Gasteiger charge is -2.01. The largest absolute Gasteiger partial charge is 0.353 e. The quantitative estimate of drug-likeness (QED) is 0.475. The van der Waals surface area contributed by atoms with Crippen LogP contribution in [0, 0.1) is 0 Å². The van der Waals surface area contributed by atoms with Crippen LogP contribution in [0.3, 0.4) is 0 Å². The molecule has 3 rings (SSSR count). The Morgan fingerprint density at radius 3 is 2.58 bits per heavy atom. The first-order valence-corrected chi connectivity index (χ1v) is 9.41. The van der Waals surface area contributed by atoms with Crippen LogP contribution in [-0.4, -0.2) is 22.5 Å². The highest BCUT2D eigenvalue weighted by Crippen LogP contribution is 2.28. The van der Waals surface area contributed by atoms with Crippen molar-refractivity contribution in [2.75, 3.05) is 11.9 Å². The molecular weight excluding hydrogens is 362 g/mol. The second-order valence-electron chi connectivity index (χ2n) is 4.93. The van der Waals surface area contributed by atoms with Gasteiger partial charge in [0.05, 0.1) is 6.54 Å². The molecule has 0 spiro atoms. The molecule has 0 radical (unpaired) electrons. The fourth-order valence-corrected chi connectivity index (χ4v) is 3.78. The lowest BCUT2D eigenvalue weighted by atomic mass is 10.1. The van der Waals surface area contributed by atoms with Crippen LogP contribution < -0.4 is 5.32 Å². The van der Waals surface area contributed by atoms with Crippen LogP contribution in [0.25, 0.3) is 0 Å². The Morgan fingerprint density at radius 2 is 1.83 bits per heavy atom. The summed E-state index contributed by atoms with van der Waals surface area (Å²) in [5.41, 5.74) is 1.86. The molecule has 7 heteroatoms. The Morgan fingerprint density at radius 1 is 1.08 bits per heavy atom. The zero-order valence-corrected chi connectivity index (χ0v) is 15.0. The third-order valence-corrected chi connectivity index (χ3v) is 5.52. The van der Waals surface area contributed by atoms with Crippen LogP contribution in [0.15, 0.2) is 58.9 Å². The van der Waals surface area contributed by atoms with Crippen LogP contribution in [0.5, 0.6) is 0 Å². The summed E-state index contributed by atoms with van der Waals surface area (Å²) < 4.78 is 0.861. The molecule has 0 saturated heterocycles. The van der Waals surface area contributed by atoms with E-state index in [-0.39, 0.29) is 12.3 Å². The second-order valence-corrected chi connectivity index (χ2v) is 7.57.